The summed E-state index contributed by atoms with van der Waals surface area (Å²) < 4.78 is 0.928. The first-order valence-electron chi connectivity index (χ1n) is 5.65. The third-order valence-electron chi connectivity index (χ3n) is 2.72. The maximum atomic E-state index is 10.0. The number of fused-ring (bicyclic) bond motifs is 1. The van der Waals surface area contributed by atoms with Gasteiger partial charge in [-0.2, -0.15) is 0 Å². The summed E-state index contributed by atoms with van der Waals surface area (Å²) in [5.74, 6) is 0. The average molecular weight is 279 g/mol. The summed E-state index contributed by atoms with van der Waals surface area (Å²) in [5, 5.41) is 23.6. The summed E-state index contributed by atoms with van der Waals surface area (Å²) in [7, 11) is 0. The Balaban J connectivity index is 2.15. The van der Waals surface area contributed by atoms with Gasteiger partial charge in [0.15, 0.2) is 5.13 Å². The Labute approximate surface area is 112 Å². The molecule has 19 heavy (non-hydrogen) atoms. The van der Waals surface area contributed by atoms with E-state index in [1.807, 2.05) is 6.07 Å². The molecule has 2 aromatic rings. The van der Waals surface area contributed by atoms with Crippen LogP contribution in [0.3, 0.4) is 0 Å². The summed E-state index contributed by atoms with van der Waals surface area (Å²) in [6.45, 7) is 0.140. The second-order valence-electron chi connectivity index (χ2n) is 4.03. The Bertz CT molecular complexity index is 623. The Morgan fingerprint density at radius 3 is 3.00 bits per heavy atom. The normalized spacial score (nSPS) is 14.0. The lowest BCUT2D eigenvalue weighted by molar-refractivity contribution is 0.0151. The van der Waals surface area contributed by atoms with Gasteiger partial charge in [-0.1, -0.05) is 22.5 Å². The molecule has 1 aromatic heterocycles. The number of nitrogens with zero attached hydrogens (tertiary/aromatic N) is 4. The minimum Gasteiger partial charge on any atom is -0.390 e. The van der Waals surface area contributed by atoms with Crippen molar-refractivity contribution in [3.8, 4) is 0 Å². The molecule has 2 unspecified atom stereocenters. The van der Waals surface area contributed by atoms with Gasteiger partial charge in [0.25, 0.3) is 0 Å². The third-order valence-corrected chi connectivity index (χ3v) is 3.59. The summed E-state index contributed by atoms with van der Waals surface area (Å²) in [4.78, 5) is 6.72. The second kappa shape index (κ2) is 5.85. The van der Waals surface area contributed by atoms with Crippen LogP contribution in [0.2, 0.25) is 0 Å². The molecule has 0 aliphatic heterocycles. The molecular formula is C11H13N5O2S. The highest BCUT2D eigenvalue weighted by atomic mass is 32.1. The predicted molar refractivity (Wildman–Crippen MR) is 73.6 cm³/mol. The molecular weight excluding hydrogens is 266 g/mol. The van der Waals surface area contributed by atoms with Gasteiger partial charge in [-0.05, 0) is 29.6 Å². The highest BCUT2D eigenvalue weighted by Gasteiger charge is 2.18. The number of benzene rings is 1. The molecule has 7 nitrogen and oxygen atoms in total. The quantitative estimate of drug-likeness (QED) is 0.439. The van der Waals surface area contributed by atoms with E-state index in [0.29, 0.717) is 16.2 Å². The van der Waals surface area contributed by atoms with Crippen molar-refractivity contribution in [3.05, 3.63) is 34.2 Å². The van der Waals surface area contributed by atoms with E-state index in [-0.39, 0.29) is 13.0 Å². The van der Waals surface area contributed by atoms with Crippen LogP contribution < -0.4 is 5.73 Å². The molecule has 0 bridgehead atoms. The zero-order valence-corrected chi connectivity index (χ0v) is 10.8. The minimum atomic E-state index is -1.04. The van der Waals surface area contributed by atoms with Crippen LogP contribution in [0.5, 0.6) is 0 Å². The van der Waals surface area contributed by atoms with E-state index in [1.165, 1.54) is 11.3 Å². The molecule has 1 heterocycles. The highest BCUT2D eigenvalue weighted by molar-refractivity contribution is 7.22. The number of anilines is 1. The Hall–Kier alpha value is -1.86. The fraction of sp³-hybridized carbons (Fsp3) is 0.364. The summed E-state index contributed by atoms with van der Waals surface area (Å²) in [6, 6.07) is 5.23. The smallest absolute Gasteiger partial charge is 0.181 e. The third kappa shape index (κ3) is 3.12. The van der Waals surface area contributed by atoms with Gasteiger partial charge in [-0.15, -0.1) is 0 Å². The van der Waals surface area contributed by atoms with E-state index in [4.69, 9.17) is 11.3 Å². The Kier molecular flexibility index (Phi) is 4.18. The maximum absolute atomic E-state index is 10.0. The predicted octanol–water partition coefficient (Wildman–Crippen LogP) is 1.97. The number of aliphatic hydroxyl groups excluding tert-OH is 2. The molecule has 100 valence electrons. The maximum Gasteiger partial charge on any atom is 0.181 e. The lowest BCUT2D eigenvalue weighted by Gasteiger charge is -2.17. The number of aromatic nitrogens is 1. The Morgan fingerprint density at radius 2 is 2.26 bits per heavy atom. The highest BCUT2D eigenvalue weighted by Crippen LogP contribution is 2.28. The van der Waals surface area contributed by atoms with Crippen molar-refractivity contribution in [2.75, 3.05) is 12.3 Å². The monoisotopic (exact) mass is 279 g/mol. The molecule has 0 aliphatic carbocycles. The standard InChI is InChI=1S/C11H13N5O2S/c12-11-15-7-5-6(1-2-9(7)19-11)10(18)8(17)3-4-14-16-13/h1-2,5,8,10,17-18H,3-4H2,(H2,12,15). The van der Waals surface area contributed by atoms with Crippen molar-refractivity contribution >= 4 is 26.7 Å². The van der Waals surface area contributed by atoms with Crippen LogP contribution in [0.15, 0.2) is 23.3 Å². The van der Waals surface area contributed by atoms with Crippen LogP contribution in [0.1, 0.15) is 18.1 Å². The molecule has 0 aliphatic rings. The van der Waals surface area contributed by atoms with E-state index in [0.717, 1.165) is 4.70 Å². The number of thiazole rings is 1. The van der Waals surface area contributed by atoms with Gasteiger partial charge >= 0.3 is 0 Å². The molecule has 0 saturated heterocycles. The zero-order valence-electron chi connectivity index (χ0n) is 9.97. The van der Waals surface area contributed by atoms with Crippen LogP contribution in [0.25, 0.3) is 20.7 Å². The molecule has 0 radical (unpaired) electrons. The van der Waals surface area contributed by atoms with Crippen molar-refractivity contribution in [2.45, 2.75) is 18.6 Å². The van der Waals surface area contributed by atoms with Crippen LogP contribution in [0, 0.1) is 0 Å². The molecule has 2 atom stereocenters. The molecule has 0 fully saturated rings. The topological polar surface area (TPSA) is 128 Å². The number of rotatable bonds is 5. The molecule has 0 saturated carbocycles. The van der Waals surface area contributed by atoms with Crippen molar-refractivity contribution in [3.63, 3.8) is 0 Å². The first-order valence-corrected chi connectivity index (χ1v) is 6.46. The lowest BCUT2D eigenvalue weighted by atomic mass is 10.0. The summed E-state index contributed by atoms with van der Waals surface area (Å²) in [6.07, 6.45) is -1.83. The SMILES string of the molecule is [N-]=[N+]=NCCC(O)C(O)c1ccc2sc(N)nc2c1. The number of hydrogen-bond acceptors (Lipinski definition) is 6. The van der Waals surface area contributed by atoms with Gasteiger partial charge in [0, 0.05) is 11.5 Å². The lowest BCUT2D eigenvalue weighted by Crippen LogP contribution is -2.19. The van der Waals surface area contributed by atoms with Crippen LogP contribution in [0.4, 0.5) is 5.13 Å². The zero-order chi connectivity index (χ0) is 13.8. The number of azide groups is 1. The van der Waals surface area contributed by atoms with Gasteiger partial charge in [0.05, 0.1) is 16.3 Å². The molecule has 1 aromatic carbocycles. The van der Waals surface area contributed by atoms with Crippen LogP contribution in [-0.2, 0) is 0 Å². The van der Waals surface area contributed by atoms with E-state index in [2.05, 4.69) is 15.0 Å². The number of hydrogen-bond donors (Lipinski definition) is 3. The van der Waals surface area contributed by atoms with Gasteiger partial charge in [-0.3, -0.25) is 0 Å². The molecule has 4 N–H and O–H groups in total. The van der Waals surface area contributed by atoms with Crippen LogP contribution >= 0.6 is 11.3 Å². The van der Waals surface area contributed by atoms with E-state index in [9.17, 15) is 10.2 Å². The number of aliphatic hydroxyl groups is 2. The van der Waals surface area contributed by atoms with Crippen LogP contribution in [-0.4, -0.2) is 27.8 Å². The Morgan fingerprint density at radius 1 is 1.47 bits per heavy atom. The van der Waals surface area contributed by atoms with Crippen molar-refractivity contribution < 1.29 is 10.2 Å². The first-order chi connectivity index (χ1) is 9.11. The van der Waals surface area contributed by atoms with Gasteiger partial charge < -0.3 is 15.9 Å². The molecule has 0 spiro atoms. The largest absolute Gasteiger partial charge is 0.390 e. The van der Waals surface area contributed by atoms with E-state index < -0.39 is 12.2 Å². The summed E-state index contributed by atoms with van der Waals surface area (Å²) >= 11 is 1.37. The average Bonchev–Trinajstić information content (AvgIpc) is 2.77. The number of nitrogens with two attached hydrogens (primary N) is 1. The van der Waals surface area contributed by atoms with E-state index in [1.54, 1.807) is 12.1 Å². The van der Waals surface area contributed by atoms with Crippen molar-refractivity contribution in [1.82, 2.24) is 4.98 Å². The number of nitrogen functional groups attached to an aromatic ring is 1. The molecule has 0 amide bonds. The molecule has 8 heteroatoms. The minimum absolute atomic E-state index is 0.140. The first kappa shape index (κ1) is 13.6. The van der Waals surface area contributed by atoms with Gasteiger partial charge in [-0.25, -0.2) is 4.98 Å². The van der Waals surface area contributed by atoms with Gasteiger partial charge in [0.2, 0.25) is 0 Å². The van der Waals surface area contributed by atoms with Crippen molar-refractivity contribution in [1.29, 1.82) is 0 Å². The van der Waals surface area contributed by atoms with Crippen molar-refractivity contribution in [2.24, 2.45) is 5.11 Å². The second-order valence-corrected chi connectivity index (χ2v) is 5.10. The fourth-order valence-electron chi connectivity index (χ4n) is 1.76. The fourth-order valence-corrected chi connectivity index (χ4v) is 2.48. The van der Waals surface area contributed by atoms with Gasteiger partial charge in [0.1, 0.15) is 6.10 Å². The molecule has 2 rings (SSSR count). The van der Waals surface area contributed by atoms with E-state index >= 15 is 0 Å². The summed E-state index contributed by atoms with van der Waals surface area (Å²) in [5.41, 5.74) is 15.0.